The summed E-state index contributed by atoms with van der Waals surface area (Å²) in [6.45, 7) is 6.05. The van der Waals surface area contributed by atoms with Gasteiger partial charge >= 0.3 is 5.97 Å². The molecule has 0 aromatic rings. The maximum atomic E-state index is 11.2. The lowest BCUT2D eigenvalue weighted by Gasteiger charge is -2.22. The van der Waals surface area contributed by atoms with Crippen molar-refractivity contribution in [3.8, 4) is 0 Å². The number of carbonyl (C=O) groups excluding carboxylic acids is 1. The monoisotopic (exact) mass is 182 g/mol. The van der Waals surface area contributed by atoms with Crippen LogP contribution in [0, 0.1) is 11.8 Å². The second-order valence-corrected chi connectivity index (χ2v) is 3.44. The van der Waals surface area contributed by atoms with Crippen molar-refractivity contribution in [2.45, 2.75) is 40.0 Å². The molecule has 1 aliphatic carbocycles. The van der Waals surface area contributed by atoms with Crippen molar-refractivity contribution in [1.29, 1.82) is 0 Å². The zero-order valence-electron chi connectivity index (χ0n) is 8.67. The van der Waals surface area contributed by atoms with Crippen molar-refractivity contribution in [2.24, 2.45) is 11.8 Å². The Bertz CT molecular complexity index is 218. The first-order valence-corrected chi connectivity index (χ1v) is 5.16. The normalized spacial score (nSPS) is 31.0. The van der Waals surface area contributed by atoms with E-state index in [0.29, 0.717) is 5.92 Å². The molecule has 0 bridgehead atoms. The molecule has 2 unspecified atom stereocenters. The van der Waals surface area contributed by atoms with Crippen LogP contribution >= 0.6 is 0 Å². The number of cyclic esters (lactones) is 1. The Morgan fingerprint density at radius 1 is 1.31 bits per heavy atom. The van der Waals surface area contributed by atoms with Gasteiger partial charge in [-0.25, -0.2) is 0 Å². The molecule has 0 spiro atoms. The van der Waals surface area contributed by atoms with Gasteiger partial charge in [-0.3, -0.25) is 4.79 Å². The van der Waals surface area contributed by atoms with Crippen molar-refractivity contribution in [1.82, 2.24) is 0 Å². The highest BCUT2D eigenvalue weighted by Gasteiger charge is 2.37. The van der Waals surface area contributed by atoms with Gasteiger partial charge in [0.2, 0.25) is 0 Å². The molecule has 1 fully saturated rings. The summed E-state index contributed by atoms with van der Waals surface area (Å²) >= 11 is 0. The van der Waals surface area contributed by atoms with Crippen LogP contribution < -0.4 is 0 Å². The third kappa shape index (κ3) is 1.93. The van der Waals surface area contributed by atoms with Gasteiger partial charge in [-0.1, -0.05) is 20.3 Å². The second kappa shape index (κ2) is 4.45. The summed E-state index contributed by atoms with van der Waals surface area (Å²) in [5.41, 5.74) is 1.24. The summed E-state index contributed by atoms with van der Waals surface area (Å²) in [5.74, 6) is 0.661. The molecule has 74 valence electrons. The van der Waals surface area contributed by atoms with Crippen LogP contribution in [0.4, 0.5) is 0 Å². The van der Waals surface area contributed by atoms with Crippen molar-refractivity contribution in [3.05, 3.63) is 11.8 Å². The van der Waals surface area contributed by atoms with Crippen molar-refractivity contribution < 1.29 is 9.53 Å². The molecule has 2 nitrogen and oxygen atoms in total. The number of allylic oxidation sites excluding steroid dienone is 1. The molecule has 0 aromatic carbocycles. The Morgan fingerprint density at radius 2 is 1.92 bits per heavy atom. The van der Waals surface area contributed by atoms with Crippen molar-refractivity contribution >= 4 is 5.97 Å². The zero-order valence-corrected chi connectivity index (χ0v) is 8.67. The van der Waals surface area contributed by atoms with Crippen molar-refractivity contribution in [3.63, 3.8) is 0 Å². The van der Waals surface area contributed by atoms with E-state index in [0.717, 1.165) is 6.42 Å². The lowest BCUT2D eigenvalue weighted by molar-refractivity contribution is -0.145. The van der Waals surface area contributed by atoms with Crippen LogP contribution in [0.15, 0.2) is 11.8 Å². The SMILES string of the molecule is CC.CC1=COC(=O)C2CCCC12. The Kier molecular flexibility index (Phi) is 3.52. The number of hydrogen-bond donors (Lipinski definition) is 0. The highest BCUT2D eigenvalue weighted by molar-refractivity contribution is 5.75. The number of fused-ring (bicyclic) bond motifs is 1. The first-order valence-electron chi connectivity index (χ1n) is 5.16. The highest BCUT2D eigenvalue weighted by atomic mass is 16.5. The number of hydrogen-bond acceptors (Lipinski definition) is 2. The van der Waals surface area contributed by atoms with E-state index in [1.54, 1.807) is 6.26 Å². The van der Waals surface area contributed by atoms with Crippen LogP contribution in [0.3, 0.4) is 0 Å². The average Bonchev–Trinajstić information content (AvgIpc) is 2.64. The van der Waals surface area contributed by atoms with E-state index < -0.39 is 0 Å². The first-order chi connectivity index (χ1) is 6.29. The molecule has 0 radical (unpaired) electrons. The van der Waals surface area contributed by atoms with E-state index in [1.165, 1.54) is 18.4 Å². The summed E-state index contributed by atoms with van der Waals surface area (Å²) < 4.78 is 4.90. The molecule has 0 amide bonds. The third-order valence-corrected chi connectivity index (χ3v) is 2.76. The fourth-order valence-electron chi connectivity index (χ4n) is 2.11. The minimum absolute atomic E-state index is 0.0156. The summed E-state index contributed by atoms with van der Waals surface area (Å²) in [4.78, 5) is 11.2. The van der Waals surface area contributed by atoms with Gasteiger partial charge in [-0.05, 0) is 31.3 Å². The fourth-order valence-corrected chi connectivity index (χ4v) is 2.11. The molecule has 2 rings (SSSR count). The van der Waals surface area contributed by atoms with Crippen LogP contribution in [-0.4, -0.2) is 5.97 Å². The summed E-state index contributed by atoms with van der Waals surface area (Å²) in [5, 5.41) is 0. The number of esters is 1. The molecule has 2 atom stereocenters. The van der Waals surface area contributed by atoms with E-state index in [2.05, 4.69) is 6.92 Å². The molecule has 0 N–H and O–H groups in total. The molecule has 0 aromatic heterocycles. The average molecular weight is 182 g/mol. The van der Waals surface area contributed by atoms with Crippen LogP contribution in [0.5, 0.6) is 0 Å². The quantitative estimate of drug-likeness (QED) is 0.538. The predicted molar refractivity (Wildman–Crippen MR) is 52.0 cm³/mol. The van der Waals surface area contributed by atoms with Gasteiger partial charge in [-0.2, -0.15) is 0 Å². The van der Waals surface area contributed by atoms with Crippen LogP contribution in [0.1, 0.15) is 40.0 Å². The van der Waals surface area contributed by atoms with Gasteiger partial charge < -0.3 is 4.74 Å². The molecule has 2 heteroatoms. The maximum Gasteiger partial charge on any atom is 0.314 e. The number of ether oxygens (including phenoxy) is 1. The lowest BCUT2D eigenvalue weighted by Crippen LogP contribution is -2.24. The zero-order chi connectivity index (χ0) is 9.84. The van der Waals surface area contributed by atoms with Crippen LogP contribution in [-0.2, 0) is 9.53 Å². The van der Waals surface area contributed by atoms with E-state index in [-0.39, 0.29) is 11.9 Å². The molecular formula is C11H18O2. The standard InChI is InChI=1S/C9H12O2.C2H6/c1-6-5-11-9(10)8-4-2-3-7(6)8;1-2/h5,7-8H,2-4H2,1H3;1-2H3. The molecule has 2 aliphatic rings. The van der Waals surface area contributed by atoms with E-state index in [1.807, 2.05) is 13.8 Å². The number of carbonyl (C=O) groups is 1. The van der Waals surface area contributed by atoms with Gasteiger partial charge in [0.25, 0.3) is 0 Å². The minimum atomic E-state index is -0.0156. The van der Waals surface area contributed by atoms with Crippen LogP contribution in [0.2, 0.25) is 0 Å². The molecule has 13 heavy (non-hydrogen) atoms. The van der Waals surface area contributed by atoms with Gasteiger partial charge in [-0.15, -0.1) is 0 Å². The Morgan fingerprint density at radius 3 is 2.54 bits per heavy atom. The van der Waals surface area contributed by atoms with E-state index >= 15 is 0 Å². The van der Waals surface area contributed by atoms with Gasteiger partial charge in [0.05, 0.1) is 12.2 Å². The molecule has 1 aliphatic heterocycles. The third-order valence-electron chi connectivity index (χ3n) is 2.76. The fraction of sp³-hybridized carbons (Fsp3) is 0.727. The second-order valence-electron chi connectivity index (χ2n) is 3.44. The predicted octanol–water partition coefficient (Wildman–Crippen LogP) is 2.89. The van der Waals surface area contributed by atoms with Gasteiger partial charge in [0.1, 0.15) is 0 Å². The molecule has 1 heterocycles. The lowest BCUT2D eigenvalue weighted by atomic mass is 9.89. The van der Waals surface area contributed by atoms with E-state index in [4.69, 9.17) is 4.74 Å². The smallest absolute Gasteiger partial charge is 0.314 e. The largest absolute Gasteiger partial charge is 0.434 e. The maximum absolute atomic E-state index is 11.2. The Labute approximate surface area is 80.0 Å². The number of rotatable bonds is 0. The minimum Gasteiger partial charge on any atom is -0.434 e. The summed E-state index contributed by atoms with van der Waals surface area (Å²) in [6, 6.07) is 0. The van der Waals surface area contributed by atoms with Crippen LogP contribution in [0.25, 0.3) is 0 Å². The Balaban J connectivity index is 0.000000396. The Hall–Kier alpha value is -0.790. The topological polar surface area (TPSA) is 26.3 Å². The van der Waals surface area contributed by atoms with Gasteiger partial charge in [0.15, 0.2) is 0 Å². The summed E-state index contributed by atoms with van der Waals surface area (Å²) in [7, 11) is 0. The summed E-state index contributed by atoms with van der Waals surface area (Å²) in [6.07, 6.45) is 4.99. The first kappa shape index (κ1) is 10.3. The van der Waals surface area contributed by atoms with Crippen molar-refractivity contribution in [2.75, 3.05) is 0 Å². The van der Waals surface area contributed by atoms with E-state index in [9.17, 15) is 4.79 Å². The molecule has 1 saturated carbocycles. The van der Waals surface area contributed by atoms with Gasteiger partial charge in [0, 0.05) is 0 Å². The highest BCUT2D eigenvalue weighted by Crippen LogP contribution is 2.39. The molecular weight excluding hydrogens is 164 g/mol. The molecule has 0 saturated heterocycles.